The highest BCUT2D eigenvalue weighted by Crippen LogP contribution is 2.24. The fourth-order valence-corrected chi connectivity index (χ4v) is 3.66. The molecule has 3 heterocycles. The first-order chi connectivity index (χ1) is 13.6. The molecule has 0 radical (unpaired) electrons. The Morgan fingerprint density at radius 1 is 1.36 bits per heavy atom. The smallest absolute Gasteiger partial charge is 0.247 e. The predicted octanol–water partition coefficient (Wildman–Crippen LogP) is 3.11. The average molecular weight is 383 g/mol. The van der Waals surface area contributed by atoms with E-state index in [0.717, 1.165) is 19.4 Å². The summed E-state index contributed by atoms with van der Waals surface area (Å²) < 4.78 is 20.9. The van der Waals surface area contributed by atoms with Crippen LogP contribution in [0.1, 0.15) is 31.7 Å². The third-order valence-electron chi connectivity index (χ3n) is 5.16. The van der Waals surface area contributed by atoms with Crippen molar-refractivity contribution in [1.29, 1.82) is 0 Å². The van der Waals surface area contributed by atoms with Crippen molar-refractivity contribution in [3.05, 3.63) is 54.4 Å². The summed E-state index contributed by atoms with van der Waals surface area (Å²) in [6.45, 7) is 3.24. The zero-order chi connectivity index (χ0) is 19.5. The van der Waals surface area contributed by atoms with E-state index in [2.05, 4.69) is 15.2 Å². The number of halogens is 1. The lowest BCUT2D eigenvalue weighted by molar-refractivity contribution is -0.136. The van der Waals surface area contributed by atoms with Crippen LogP contribution in [0.15, 0.2) is 47.2 Å². The lowest BCUT2D eigenvalue weighted by Gasteiger charge is -2.33. The fourth-order valence-electron chi connectivity index (χ4n) is 3.66. The van der Waals surface area contributed by atoms with Crippen LogP contribution >= 0.6 is 0 Å². The second-order valence-corrected chi connectivity index (χ2v) is 7.15. The number of carbonyl (C=O) groups is 1. The van der Waals surface area contributed by atoms with E-state index in [4.69, 9.17) is 4.52 Å². The Bertz CT molecular complexity index is 940. The zero-order valence-electron chi connectivity index (χ0n) is 15.7. The molecule has 0 spiro atoms. The molecule has 1 saturated heterocycles. The minimum absolute atomic E-state index is 0.0611. The Balaban J connectivity index is 1.40. The Kier molecular flexibility index (Phi) is 5.18. The Hall–Kier alpha value is -3.03. The van der Waals surface area contributed by atoms with Gasteiger partial charge in [-0.1, -0.05) is 17.3 Å². The van der Waals surface area contributed by atoms with Crippen LogP contribution in [0.5, 0.6) is 0 Å². The zero-order valence-corrected chi connectivity index (χ0v) is 15.7. The molecule has 2 atom stereocenters. The maximum Gasteiger partial charge on any atom is 0.247 e. The van der Waals surface area contributed by atoms with Crippen LogP contribution in [0.4, 0.5) is 4.39 Å². The van der Waals surface area contributed by atoms with Gasteiger partial charge in [0.15, 0.2) is 0 Å². The molecule has 1 aromatic carbocycles. The number of amides is 1. The minimum atomic E-state index is -0.378. The van der Waals surface area contributed by atoms with Crippen LogP contribution in [-0.2, 0) is 11.2 Å². The molecular weight excluding hydrogens is 361 g/mol. The summed E-state index contributed by atoms with van der Waals surface area (Å²) in [4.78, 5) is 19.0. The van der Waals surface area contributed by atoms with Crippen molar-refractivity contribution in [3.63, 3.8) is 0 Å². The van der Waals surface area contributed by atoms with E-state index in [1.165, 1.54) is 6.07 Å². The van der Waals surface area contributed by atoms with Crippen LogP contribution in [0.25, 0.3) is 11.4 Å². The second kappa shape index (κ2) is 7.92. The van der Waals surface area contributed by atoms with E-state index in [0.29, 0.717) is 24.4 Å². The fraction of sp³-hybridized carbons (Fsp3) is 0.400. The molecule has 1 fully saturated rings. The van der Waals surface area contributed by atoms with Crippen molar-refractivity contribution < 1.29 is 13.7 Å². The lowest BCUT2D eigenvalue weighted by atomic mass is 9.94. The van der Waals surface area contributed by atoms with Gasteiger partial charge in [0, 0.05) is 31.9 Å². The van der Waals surface area contributed by atoms with Gasteiger partial charge in [-0.2, -0.15) is 10.1 Å². The van der Waals surface area contributed by atoms with E-state index in [1.807, 2.05) is 17.9 Å². The van der Waals surface area contributed by atoms with E-state index in [1.54, 1.807) is 35.3 Å². The number of nitrogens with zero attached hydrogens (tertiary/aromatic N) is 5. The number of likely N-dealkylation sites (tertiary alicyclic amines) is 1. The molecule has 3 aromatic rings. The minimum Gasteiger partial charge on any atom is -0.341 e. The average Bonchev–Trinajstić information content (AvgIpc) is 3.40. The molecule has 4 rings (SSSR count). The van der Waals surface area contributed by atoms with Gasteiger partial charge in [0.1, 0.15) is 11.9 Å². The quantitative estimate of drug-likeness (QED) is 0.677. The van der Waals surface area contributed by atoms with Gasteiger partial charge >= 0.3 is 0 Å². The molecule has 146 valence electrons. The Morgan fingerprint density at radius 3 is 3.00 bits per heavy atom. The summed E-state index contributed by atoms with van der Waals surface area (Å²) in [5.41, 5.74) is 0.325. The number of piperidine rings is 1. The SMILES string of the molecule is CC(C(=O)N1CCCC(Cc2nc(-c3ccccc3F)no2)C1)n1cccn1. The molecular formula is C20H22FN5O2. The van der Waals surface area contributed by atoms with Gasteiger partial charge in [0.05, 0.1) is 5.56 Å². The summed E-state index contributed by atoms with van der Waals surface area (Å²) >= 11 is 0. The molecule has 2 aromatic heterocycles. The first-order valence-corrected chi connectivity index (χ1v) is 9.47. The highest BCUT2D eigenvalue weighted by Gasteiger charge is 2.29. The predicted molar refractivity (Wildman–Crippen MR) is 99.6 cm³/mol. The number of carbonyl (C=O) groups excluding carboxylic acids is 1. The highest BCUT2D eigenvalue weighted by atomic mass is 19.1. The molecule has 0 N–H and O–H groups in total. The summed E-state index contributed by atoms with van der Waals surface area (Å²) in [5.74, 6) is 0.640. The molecule has 1 amide bonds. The molecule has 0 aliphatic carbocycles. The van der Waals surface area contributed by atoms with Crippen molar-refractivity contribution in [1.82, 2.24) is 24.8 Å². The largest absolute Gasteiger partial charge is 0.341 e. The normalized spacial score (nSPS) is 18.2. The van der Waals surface area contributed by atoms with Crippen LogP contribution < -0.4 is 0 Å². The van der Waals surface area contributed by atoms with Crippen LogP contribution in [0, 0.1) is 11.7 Å². The third-order valence-corrected chi connectivity index (χ3v) is 5.16. The molecule has 0 saturated carbocycles. The summed E-state index contributed by atoms with van der Waals surface area (Å²) in [7, 11) is 0. The van der Waals surface area contributed by atoms with Crippen molar-refractivity contribution in [2.45, 2.75) is 32.2 Å². The van der Waals surface area contributed by atoms with Crippen molar-refractivity contribution >= 4 is 5.91 Å². The van der Waals surface area contributed by atoms with E-state index >= 15 is 0 Å². The second-order valence-electron chi connectivity index (χ2n) is 7.15. The molecule has 0 bridgehead atoms. The van der Waals surface area contributed by atoms with Gasteiger partial charge in [0.2, 0.25) is 17.6 Å². The highest BCUT2D eigenvalue weighted by molar-refractivity contribution is 5.80. The van der Waals surface area contributed by atoms with Crippen LogP contribution in [-0.4, -0.2) is 43.8 Å². The Morgan fingerprint density at radius 2 is 2.21 bits per heavy atom. The third kappa shape index (κ3) is 3.81. The molecule has 1 aliphatic rings. The molecule has 7 nitrogen and oxygen atoms in total. The maximum atomic E-state index is 13.9. The monoisotopic (exact) mass is 383 g/mol. The van der Waals surface area contributed by atoms with Gasteiger partial charge in [0.25, 0.3) is 0 Å². The number of hydrogen-bond donors (Lipinski definition) is 0. The number of aromatic nitrogens is 4. The maximum absolute atomic E-state index is 13.9. The molecule has 1 aliphatic heterocycles. The van der Waals surface area contributed by atoms with E-state index in [-0.39, 0.29) is 29.5 Å². The van der Waals surface area contributed by atoms with Crippen molar-refractivity contribution in [3.8, 4) is 11.4 Å². The lowest BCUT2D eigenvalue weighted by Crippen LogP contribution is -2.43. The first kappa shape index (κ1) is 18.3. The van der Waals surface area contributed by atoms with Gasteiger partial charge in [-0.05, 0) is 43.9 Å². The molecule has 8 heteroatoms. The Labute approximate surface area is 162 Å². The molecule has 2 unspecified atom stereocenters. The standard InChI is InChI=1S/C20H22FN5O2/c1-14(26-11-5-9-22-26)20(27)25-10-4-6-15(13-25)12-18-23-19(24-28-18)16-7-2-3-8-17(16)21/h2-3,5,7-9,11,14-15H,4,6,10,12-13H2,1H3. The van der Waals surface area contributed by atoms with Crippen molar-refractivity contribution in [2.24, 2.45) is 5.92 Å². The van der Waals surface area contributed by atoms with E-state index in [9.17, 15) is 9.18 Å². The number of benzene rings is 1. The first-order valence-electron chi connectivity index (χ1n) is 9.47. The number of hydrogen-bond acceptors (Lipinski definition) is 5. The van der Waals surface area contributed by atoms with Gasteiger partial charge in [-0.15, -0.1) is 0 Å². The topological polar surface area (TPSA) is 77.0 Å². The summed E-state index contributed by atoms with van der Waals surface area (Å²) in [6.07, 6.45) is 5.95. The van der Waals surface area contributed by atoms with E-state index < -0.39 is 0 Å². The number of rotatable bonds is 5. The summed E-state index contributed by atoms with van der Waals surface area (Å²) in [6, 6.07) is 7.84. The van der Waals surface area contributed by atoms with Gasteiger partial charge in [-0.25, -0.2) is 4.39 Å². The van der Waals surface area contributed by atoms with Crippen LogP contribution in [0.3, 0.4) is 0 Å². The molecule has 28 heavy (non-hydrogen) atoms. The van der Waals surface area contributed by atoms with Crippen molar-refractivity contribution in [2.75, 3.05) is 13.1 Å². The van der Waals surface area contributed by atoms with Gasteiger partial charge in [-0.3, -0.25) is 9.48 Å². The van der Waals surface area contributed by atoms with Gasteiger partial charge < -0.3 is 9.42 Å². The summed E-state index contributed by atoms with van der Waals surface area (Å²) in [5, 5.41) is 8.07. The van der Waals surface area contributed by atoms with Crippen LogP contribution in [0.2, 0.25) is 0 Å².